The van der Waals surface area contributed by atoms with Crippen molar-refractivity contribution < 1.29 is 0 Å². The molecule has 4 rings (SSSR count). The first-order chi connectivity index (χ1) is 13.0. The lowest BCUT2D eigenvalue weighted by atomic mass is 10.1. The zero-order valence-electron chi connectivity index (χ0n) is 16.5. The van der Waals surface area contributed by atoms with Crippen molar-refractivity contribution in [2.24, 2.45) is 0 Å². The fraction of sp³-hybridized carbons (Fsp3) is 0.381. The molecule has 0 amide bonds. The zero-order valence-corrected chi connectivity index (χ0v) is 16.5. The van der Waals surface area contributed by atoms with E-state index >= 15 is 0 Å². The average molecular weight is 362 g/mol. The van der Waals surface area contributed by atoms with Crippen molar-refractivity contribution in [2.75, 3.05) is 36.0 Å². The lowest BCUT2D eigenvalue weighted by molar-refractivity contribution is 0.644. The second-order valence-electron chi connectivity index (χ2n) is 7.27. The molecule has 1 aliphatic heterocycles. The van der Waals surface area contributed by atoms with Gasteiger partial charge in [0.05, 0.1) is 5.69 Å². The van der Waals surface area contributed by atoms with Crippen LogP contribution >= 0.6 is 0 Å². The molecule has 2 aromatic heterocycles. The van der Waals surface area contributed by atoms with E-state index in [0.717, 1.165) is 49.2 Å². The molecule has 0 aliphatic carbocycles. The lowest BCUT2D eigenvalue weighted by Gasteiger charge is -2.37. The summed E-state index contributed by atoms with van der Waals surface area (Å²) in [6, 6.07) is 10.6. The Hall–Kier alpha value is -2.89. The Balaban J connectivity index is 1.51. The highest BCUT2D eigenvalue weighted by Crippen LogP contribution is 2.25. The van der Waals surface area contributed by atoms with Gasteiger partial charge in [-0.2, -0.15) is 5.10 Å². The molecule has 3 aromatic rings. The first kappa shape index (κ1) is 17.5. The maximum absolute atomic E-state index is 4.54. The first-order valence-corrected chi connectivity index (χ1v) is 9.45. The van der Waals surface area contributed by atoms with E-state index < -0.39 is 0 Å². The van der Waals surface area contributed by atoms with Crippen LogP contribution in [0.5, 0.6) is 0 Å². The molecule has 0 unspecified atom stereocenters. The van der Waals surface area contributed by atoms with Gasteiger partial charge in [0, 0.05) is 43.6 Å². The lowest BCUT2D eigenvalue weighted by Crippen LogP contribution is -2.47. The molecular weight excluding hydrogens is 336 g/mol. The first-order valence-electron chi connectivity index (χ1n) is 9.45. The molecule has 1 aliphatic rings. The average Bonchev–Trinajstić information content (AvgIpc) is 3.02. The summed E-state index contributed by atoms with van der Waals surface area (Å²) in [6.07, 6.45) is 1.64. The second kappa shape index (κ2) is 7.02. The number of nitrogens with zero attached hydrogens (tertiary/aromatic N) is 6. The Kier molecular flexibility index (Phi) is 4.56. The standard InChI is InChI=1S/C21H26N6/c1-15-6-5-7-19(18(15)4)25-8-10-26(11-9-25)20-13-21(23-14-22-20)27-17(3)12-16(2)24-27/h5-7,12-14H,8-11H2,1-4H3. The van der Waals surface area contributed by atoms with E-state index in [1.165, 1.54) is 16.8 Å². The van der Waals surface area contributed by atoms with Crippen LogP contribution in [0.2, 0.25) is 0 Å². The van der Waals surface area contributed by atoms with Gasteiger partial charge >= 0.3 is 0 Å². The van der Waals surface area contributed by atoms with Crippen molar-refractivity contribution in [1.29, 1.82) is 0 Å². The Bertz CT molecular complexity index is 953. The molecule has 1 saturated heterocycles. The molecule has 3 heterocycles. The topological polar surface area (TPSA) is 50.1 Å². The maximum atomic E-state index is 4.54. The third-order valence-electron chi connectivity index (χ3n) is 5.39. The van der Waals surface area contributed by atoms with Crippen molar-refractivity contribution in [1.82, 2.24) is 19.7 Å². The Morgan fingerprint density at radius 3 is 2.22 bits per heavy atom. The fourth-order valence-electron chi connectivity index (χ4n) is 3.74. The number of piperazine rings is 1. The minimum atomic E-state index is 0.822. The van der Waals surface area contributed by atoms with Gasteiger partial charge in [-0.25, -0.2) is 14.6 Å². The van der Waals surface area contributed by atoms with Crippen molar-refractivity contribution in [2.45, 2.75) is 27.7 Å². The molecular formula is C21H26N6. The second-order valence-corrected chi connectivity index (χ2v) is 7.27. The molecule has 0 radical (unpaired) electrons. The quantitative estimate of drug-likeness (QED) is 0.716. The van der Waals surface area contributed by atoms with Crippen LogP contribution in [0.25, 0.3) is 5.82 Å². The zero-order chi connectivity index (χ0) is 19.0. The van der Waals surface area contributed by atoms with E-state index in [0.29, 0.717) is 0 Å². The monoisotopic (exact) mass is 362 g/mol. The molecule has 0 atom stereocenters. The molecule has 0 saturated carbocycles. The number of anilines is 2. The molecule has 1 fully saturated rings. The summed E-state index contributed by atoms with van der Waals surface area (Å²) in [5.74, 6) is 1.79. The van der Waals surface area contributed by atoms with Gasteiger partial charge in [0.2, 0.25) is 0 Å². The SMILES string of the molecule is Cc1cc(C)n(-c2cc(N3CCN(c4cccc(C)c4C)CC3)ncn2)n1. The van der Waals surface area contributed by atoms with Gasteiger partial charge in [-0.05, 0) is 51.0 Å². The smallest absolute Gasteiger partial charge is 0.159 e. The van der Waals surface area contributed by atoms with Gasteiger partial charge in [-0.1, -0.05) is 12.1 Å². The minimum Gasteiger partial charge on any atom is -0.368 e. The predicted octanol–water partition coefficient (Wildman–Crippen LogP) is 3.22. The summed E-state index contributed by atoms with van der Waals surface area (Å²) in [7, 11) is 0. The van der Waals surface area contributed by atoms with Crippen LogP contribution in [0.4, 0.5) is 11.5 Å². The van der Waals surface area contributed by atoms with Crippen LogP contribution in [-0.4, -0.2) is 45.9 Å². The molecule has 0 N–H and O–H groups in total. The van der Waals surface area contributed by atoms with Gasteiger partial charge in [-0.3, -0.25) is 0 Å². The minimum absolute atomic E-state index is 0.822. The number of rotatable bonds is 3. The molecule has 27 heavy (non-hydrogen) atoms. The summed E-state index contributed by atoms with van der Waals surface area (Å²) >= 11 is 0. The molecule has 0 bridgehead atoms. The summed E-state index contributed by atoms with van der Waals surface area (Å²) in [5.41, 5.74) is 6.15. The highest BCUT2D eigenvalue weighted by molar-refractivity contribution is 5.57. The summed E-state index contributed by atoms with van der Waals surface area (Å²) in [5, 5.41) is 4.54. The summed E-state index contributed by atoms with van der Waals surface area (Å²) in [4.78, 5) is 13.7. The highest BCUT2D eigenvalue weighted by atomic mass is 15.3. The Labute approximate surface area is 160 Å². The van der Waals surface area contributed by atoms with Crippen molar-refractivity contribution in [3.8, 4) is 5.82 Å². The number of aryl methyl sites for hydroxylation is 3. The summed E-state index contributed by atoms with van der Waals surface area (Å²) in [6.45, 7) is 12.3. The predicted molar refractivity (Wildman–Crippen MR) is 109 cm³/mol. The van der Waals surface area contributed by atoms with Gasteiger partial charge in [-0.15, -0.1) is 0 Å². The third kappa shape index (κ3) is 3.39. The Morgan fingerprint density at radius 2 is 1.52 bits per heavy atom. The van der Waals surface area contributed by atoms with E-state index in [-0.39, 0.29) is 0 Å². The van der Waals surface area contributed by atoms with Crippen molar-refractivity contribution >= 4 is 11.5 Å². The third-order valence-corrected chi connectivity index (χ3v) is 5.39. The highest BCUT2D eigenvalue weighted by Gasteiger charge is 2.20. The van der Waals surface area contributed by atoms with Gasteiger partial charge < -0.3 is 9.80 Å². The number of benzene rings is 1. The molecule has 6 heteroatoms. The van der Waals surface area contributed by atoms with Gasteiger partial charge in [0.1, 0.15) is 12.1 Å². The number of aromatic nitrogens is 4. The molecule has 6 nitrogen and oxygen atoms in total. The number of hydrogen-bond acceptors (Lipinski definition) is 5. The molecule has 140 valence electrons. The van der Waals surface area contributed by atoms with Crippen molar-refractivity contribution in [3.05, 3.63) is 59.2 Å². The van der Waals surface area contributed by atoms with Crippen LogP contribution in [0.3, 0.4) is 0 Å². The largest absolute Gasteiger partial charge is 0.368 e. The van der Waals surface area contributed by atoms with Crippen LogP contribution in [0.1, 0.15) is 22.5 Å². The van der Waals surface area contributed by atoms with E-state index in [1.807, 2.05) is 24.6 Å². The molecule has 0 spiro atoms. The van der Waals surface area contributed by atoms with Crippen LogP contribution in [0, 0.1) is 27.7 Å². The van der Waals surface area contributed by atoms with E-state index in [1.54, 1.807) is 6.33 Å². The maximum Gasteiger partial charge on any atom is 0.159 e. The van der Waals surface area contributed by atoms with Crippen LogP contribution < -0.4 is 9.80 Å². The summed E-state index contributed by atoms with van der Waals surface area (Å²) < 4.78 is 1.88. The Morgan fingerprint density at radius 1 is 0.815 bits per heavy atom. The van der Waals surface area contributed by atoms with Gasteiger partial charge in [0.25, 0.3) is 0 Å². The van der Waals surface area contributed by atoms with Crippen molar-refractivity contribution in [3.63, 3.8) is 0 Å². The van der Waals surface area contributed by atoms with Crippen LogP contribution in [-0.2, 0) is 0 Å². The normalized spacial score (nSPS) is 14.7. The molecule has 1 aromatic carbocycles. The fourth-order valence-corrected chi connectivity index (χ4v) is 3.74. The van der Waals surface area contributed by atoms with E-state index in [4.69, 9.17) is 0 Å². The van der Waals surface area contributed by atoms with Gasteiger partial charge in [0.15, 0.2) is 5.82 Å². The van der Waals surface area contributed by atoms with E-state index in [2.05, 4.69) is 63.0 Å². The number of hydrogen-bond donors (Lipinski definition) is 0. The van der Waals surface area contributed by atoms with Crippen LogP contribution in [0.15, 0.2) is 36.7 Å². The van der Waals surface area contributed by atoms with E-state index in [9.17, 15) is 0 Å².